The Morgan fingerprint density at radius 1 is 1.15 bits per heavy atom. The van der Waals surface area contributed by atoms with E-state index in [4.69, 9.17) is 0 Å². The summed E-state index contributed by atoms with van der Waals surface area (Å²) in [5, 5.41) is 13.4. The Kier molecular flexibility index (Phi) is 5.11. The molecule has 0 radical (unpaired) electrons. The Hall–Kier alpha value is -3.03. The number of para-hydroxylation sites is 1. The summed E-state index contributed by atoms with van der Waals surface area (Å²) in [5.74, 6) is -2.08. The Bertz CT molecular complexity index is 828. The number of halogens is 2. The van der Waals surface area contributed by atoms with Crippen molar-refractivity contribution in [3.8, 4) is 0 Å². The number of nitrogens with one attached hydrogen (secondary N) is 1. The van der Waals surface area contributed by atoms with Crippen molar-refractivity contribution < 1.29 is 18.5 Å². The van der Waals surface area contributed by atoms with Crippen LogP contribution in [0.5, 0.6) is 0 Å². The van der Waals surface area contributed by atoms with E-state index in [9.17, 15) is 23.7 Å². The maximum atomic E-state index is 14.3. The van der Waals surface area contributed by atoms with Gasteiger partial charge in [-0.15, -0.1) is 0 Å². The van der Waals surface area contributed by atoms with E-state index < -0.39 is 22.5 Å². The van der Waals surface area contributed by atoms with E-state index >= 15 is 0 Å². The Morgan fingerprint density at radius 2 is 1.77 bits per heavy atom. The summed E-state index contributed by atoms with van der Waals surface area (Å²) in [6.07, 6.45) is 1.49. The largest absolute Gasteiger partial charge is 0.367 e. The van der Waals surface area contributed by atoms with Crippen LogP contribution in [0.15, 0.2) is 36.4 Å². The SMILES string of the molecule is O=C(Cc1ccccc1[N+](=O)[O-])Nc1cc(F)c(N2CCCC2)c(F)c1. The number of carbonyl (C=O) groups is 1. The number of nitro benzene ring substituents is 1. The van der Waals surface area contributed by atoms with Gasteiger partial charge in [0.1, 0.15) is 5.69 Å². The van der Waals surface area contributed by atoms with Crippen LogP contribution in [0, 0.1) is 21.7 Å². The van der Waals surface area contributed by atoms with Crippen LogP contribution >= 0.6 is 0 Å². The Balaban J connectivity index is 1.75. The molecule has 0 aliphatic carbocycles. The molecule has 1 aliphatic heterocycles. The Labute approximate surface area is 148 Å². The highest BCUT2D eigenvalue weighted by Crippen LogP contribution is 2.30. The van der Waals surface area contributed by atoms with E-state index in [1.807, 2.05) is 0 Å². The van der Waals surface area contributed by atoms with Crippen LogP contribution in [-0.2, 0) is 11.2 Å². The van der Waals surface area contributed by atoms with Gasteiger partial charge in [0.05, 0.1) is 11.3 Å². The molecule has 0 bridgehead atoms. The van der Waals surface area contributed by atoms with Crippen LogP contribution in [0.1, 0.15) is 18.4 Å². The second-order valence-corrected chi connectivity index (χ2v) is 6.09. The predicted molar refractivity (Wildman–Crippen MR) is 93.2 cm³/mol. The number of benzene rings is 2. The molecule has 26 heavy (non-hydrogen) atoms. The van der Waals surface area contributed by atoms with Gasteiger partial charge in [0.25, 0.3) is 5.69 Å². The number of nitro groups is 1. The number of rotatable bonds is 5. The third kappa shape index (κ3) is 3.79. The molecule has 6 nitrogen and oxygen atoms in total. The maximum absolute atomic E-state index is 14.3. The van der Waals surface area contributed by atoms with Gasteiger partial charge in [0, 0.05) is 30.4 Å². The quantitative estimate of drug-likeness (QED) is 0.651. The molecule has 1 N–H and O–H groups in total. The summed E-state index contributed by atoms with van der Waals surface area (Å²) in [7, 11) is 0. The van der Waals surface area contributed by atoms with Gasteiger partial charge >= 0.3 is 0 Å². The first-order valence-corrected chi connectivity index (χ1v) is 8.22. The van der Waals surface area contributed by atoms with E-state index in [-0.39, 0.29) is 29.0 Å². The van der Waals surface area contributed by atoms with E-state index in [1.165, 1.54) is 18.2 Å². The third-order valence-electron chi connectivity index (χ3n) is 4.26. The van der Waals surface area contributed by atoms with Crippen molar-refractivity contribution in [1.29, 1.82) is 0 Å². The van der Waals surface area contributed by atoms with Gasteiger partial charge in [-0.2, -0.15) is 0 Å². The molecule has 2 aromatic rings. The predicted octanol–water partition coefficient (Wildman–Crippen LogP) is 3.65. The normalized spacial score (nSPS) is 13.7. The van der Waals surface area contributed by atoms with E-state index in [2.05, 4.69) is 5.32 Å². The zero-order valence-electron chi connectivity index (χ0n) is 13.9. The fourth-order valence-corrected chi connectivity index (χ4v) is 3.10. The molecule has 3 rings (SSSR count). The van der Waals surface area contributed by atoms with Gasteiger partial charge in [-0.3, -0.25) is 14.9 Å². The molecule has 136 valence electrons. The van der Waals surface area contributed by atoms with Gasteiger partial charge in [-0.25, -0.2) is 8.78 Å². The molecular weight excluding hydrogens is 344 g/mol. The van der Waals surface area contributed by atoms with Gasteiger partial charge in [-0.1, -0.05) is 18.2 Å². The first kappa shape index (κ1) is 17.8. The molecule has 8 heteroatoms. The zero-order valence-corrected chi connectivity index (χ0v) is 13.9. The highest BCUT2D eigenvalue weighted by atomic mass is 19.1. The topological polar surface area (TPSA) is 75.5 Å². The maximum Gasteiger partial charge on any atom is 0.273 e. The minimum Gasteiger partial charge on any atom is -0.367 e. The smallest absolute Gasteiger partial charge is 0.273 e. The molecule has 2 aromatic carbocycles. The van der Waals surface area contributed by atoms with Gasteiger partial charge in [0.15, 0.2) is 11.6 Å². The summed E-state index contributed by atoms with van der Waals surface area (Å²) in [4.78, 5) is 24.2. The van der Waals surface area contributed by atoms with Crippen LogP contribution in [0.25, 0.3) is 0 Å². The molecule has 0 aromatic heterocycles. The third-order valence-corrected chi connectivity index (χ3v) is 4.26. The van der Waals surface area contributed by atoms with E-state index in [0.29, 0.717) is 13.1 Å². The van der Waals surface area contributed by atoms with Crippen LogP contribution < -0.4 is 10.2 Å². The van der Waals surface area contributed by atoms with Crippen molar-refractivity contribution in [2.75, 3.05) is 23.3 Å². The van der Waals surface area contributed by atoms with E-state index in [1.54, 1.807) is 11.0 Å². The molecule has 1 heterocycles. The van der Waals surface area contributed by atoms with Crippen LogP contribution in [0.2, 0.25) is 0 Å². The molecule has 1 amide bonds. The fourth-order valence-electron chi connectivity index (χ4n) is 3.10. The number of hydrogen-bond acceptors (Lipinski definition) is 4. The number of nitrogens with zero attached hydrogens (tertiary/aromatic N) is 2. The minimum absolute atomic E-state index is 0.0217. The molecule has 0 saturated carbocycles. The number of amides is 1. The second-order valence-electron chi connectivity index (χ2n) is 6.09. The van der Waals surface area contributed by atoms with Crippen molar-refractivity contribution in [2.24, 2.45) is 0 Å². The highest BCUT2D eigenvalue weighted by Gasteiger charge is 2.22. The molecule has 0 spiro atoms. The van der Waals surface area contributed by atoms with Crippen LogP contribution in [0.4, 0.5) is 25.8 Å². The molecule has 1 aliphatic rings. The highest BCUT2D eigenvalue weighted by molar-refractivity contribution is 5.93. The van der Waals surface area contributed by atoms with Gasteiger partial charge in [0.2, 0.25) is 5.91 Å². The lowest BCUT2D eigenvalue weighted by atomic mass is 10.1. The minimum atomic E-state index is -0.743. The van der Waals surface area contributed by atoms with Crippen LogP contribution in [0.3, 0.4) is 0 Å². The van der Waals surface area contributed by atoms with Crippen molar-refractivity contribution in [3.63, 3.8) is 0 Å². The van der Waals surface area contributed by atoms with Crippen molar-refractivity contribution in [2.45, 2.75) is 19.3 Å². The Morgan fingerprint density at radius 3 is 2.38 bits per heavy atom. The molecule has 1 fully saturated rings. The van der Waals surface area contributed by atoms with Crippen molar-refractivity contribution in [1.82, 2.24) is 0 Å². The van der Waals surface area contributed by atoms with Crippen molar-refractivity contribution in [3.05, 3.63) is 63.7 Å². The van der Waals surface area contributed by atoms with Gasteiger partial charge < -0.3 is 10.2 Å². The summed E-state index contributed by atoms with van der Waals surface area (Å²) >= 11 is 0. The van der Waals surface area contributed by atoms with E-state index in [0.717, 1.165) is 25.0 Å². The first-order chi connectivity index (χ1) is 12.5. The number of carbonyl (C=O) groups excluding carboxylic acids is 1. The average molecular weight is 361 g/mol. The summed E-state index contributed by atoms with van der Waals surface area (Å²) in [5.41, 5.74) is -0.0558. The summed E-state index contributed by atoms with van der Waals surface area (Å²) < 4.78 is 28.6. The summed E-state index contributed by atoms with van der Waals surface area (Å²) in [6, 6.07) is 7.98. The lowest BCUT2D eigenvalue weighted by molar-refractivity contribution is -0.385. The lowest BCUT2D eigenvalue weighted by Crippen LogP contribution is -2.21. The van der Waals surface area contributed by atoms with Crippen LogP contribution in [-0.4, -0.2) is 23.9 Å². The standard InChI is InChI=1S/C18H17F2N3O3/c19-14-10-13(11-15(20)18(14)22-7-3-4-8-22)21-17(24)9-12-5-1-2-6-16(12)23(25)26/h1-2,5-6,10-11H,3-4,7-9H2,(H,21,24). The molecule has 1 saturated heterocycles. The van der Waals surface area contributed by atoms with Crippen molar-refractivity contribution >= 4 is 23.0 Å². The van der Waals surface area contributed by atoms with Gasteiger partial charge in [-0.05, 0) is 25.0 Å². The molecule has 0 unspecified atom stereocenters. The average Bonchev–Trinajstić information content (AvgIpc) is 3.08. The lowest BCUT2D eigenvalue weighted by Gasteiger charge is -2.19. The zero-order chi connectivity index (χ0) is 18.7. The first-order valence-electron chi connectivity index (χ1n) is 8.22. The fraction of sp³-hybridized carbons (Fsp3) is 0.278. The number of hydrogen-bond donors (Lipinski definition) is 1. The summed E-state index contributed by atoms with van der Waals surface area (Å²) in [6.45, 7) is 1.19. The number of anilines is 2. The monoisotopic (exact) mass is 361 g/mol. The second kappa shape index (κ2) is 7.47. The molecule has 0 atom stereocenters. The molecular formula is C18H17F2N3O3.